The van der Waals surface area contributed by atoms with Crippen molar-refractivity contribution in [1.82, 2.24) is 0 Å². The molecule has 0 saturated heterocycles. The molecule has 0 unspecified atom stereocenters. The highest BCUT2D eigenvalue weighted by Gasteiger charge is 2.12. The minimum Gasteiger partial charge on any atom is -0.497 e. The second kappa shape index (κ2) is 11.4. The standard InChI is InChI=1S/C24H26O5/c1-25-20-13-18(14-21(17-20)26-2)11-9-7-6-8-10-12-19-15-22(27-3)24(29-5)23(16-19)28-4/h13-17H,6-8H2,1-5H3. The van der Waals surface area contributed by atoms with Gasteiger partial charge >= 0.3 is 0 Å². The minimum absolute atomic E-state index is 0.560. The zero-order chi connectivity index (χ0) is 21.1. The Kier molecular flexibility index (Phi) is 8.60. The first kappa shape index (κ1) is 21.9. The summed E-state index contributed by atoms with van der Waals surface area (Å²) in [4.78, 5) is 0. The van der Waals surface area contributed by atoms with E-state index in [0.717, 1.165) is 41.9 Å². The molecular formula is C24H26O5. The number of rotatable bonds is 7. The van der Waals surface area contributed by atoms with Gasteiger partial charge in [0.1, 0.15) is 11.5 Å². The molecule has 2 rings (SSSR count). The Hall–Kier alpha value is -3.44. The van der Waals surface area contributed by atoms with Gasteiger partial charge < -0.3 is 23.7 Å². The molecule has 2 aromatic rings. The number of methoxy groups -OCH3 is 5. The lowest BCUT2D eigenvalue weighted by molar-refractivity contribution is 0.324. The molecule has 0 amide bonds. The summed E-state index contributed by atoms with van der Waals surface area (Å²) in [6.07, 6.45) is 2.38. The normalized spacial score (nSPS) is 9.41. The van der Waals surface area contributed by atoms with E-state index in [-0.39, 0.29) is 0 Å². The molecule has 0 spiro atoms. The molecule has 0 aliphatic carbocycles. The number of ether oxygens (including phenoxy) is 5. The van der Waals surface area contributed by atoms with Gasteiger partial charge in [0, 0.05) is 30.0 Å². The van der Waals surface area contributed by atoms with Crippen molar-refractivity contribution in [2.75, 3.05) is 35.5 Å². The van der Waals surface area contributed by atoms with E-state index in [2.05, 4.69) is 23.7 Å². The summed E-state index contributed by atoms with van der Waals surface area (Å²) in [6.45, 7) is 0. The van der Waals surface area contributed by atoms with Crippen molar-refractivity contribution in [1.29, 1.82) is 0 Å². The quantitative estimate of drug-likeness (QED) is 0.517. The molecule has 152 valence electrons. The van der Waals surface area contributed by atoms with Crippen molar-refractivity contribution in [3.05, 3.63) is 41.5 Å². The molecule has 0 aliphatic heterocycles. The van der Waals surface area contributed by atoms with Crippen LogP contribution in [0.3, 0.4) is 0 Å². The van der Waals surface area contributed by atoms with Crippen LogP contribution < -0.4 is 23.7 Å². The fraction of sp³-hybridized carbons (Fsp3) is 0.333. The largest absolute Gasteiger partial charge is 0.497 e. The van der Waals surface area contributed by atoms with Crippen LogP contribution in [0.2, 0.25) is 0 Å². The number of hydrogen-bond donors (Lipinski definition) is 0. The van der Waals surface area contributed by atoms with Crippen molar-refractivity contribution in [3.63, 3.8) is 0 Å². The number of benzene rings is 2. The predicted molar refractivity (Wildman–Crippen MR) is 113 cm³/mol. The number of unbranched alkanes of at least 4 members (excludes halogenated alkanes) is 2. The van der Waals surface area contributed by atoms with Gasteiger partial charge in [0.2, 0.25) is 5.75 Å². The first-order chi connectivity index (χ1) is 14.1. The molecule has 29 heavy (non-hydrogen) atoms. The zero-order valence-corrected chi connectivity index (χ0v) is 17.5. The van der Waals surface area contributed by atoms with Gasteiger partial charge in [-0.15, -0.1) is 0 Å². The van der Waals surface area contributed by atoms with Crippen LogP contribution in [-0.4, -0.2) is 35.5 Å². The Balaban J connectivity index is 1.95. The van der Waals surface area contributed by atoms with Crippen LogP contribution in [0.15, 0.2) is 30.3 Å². The summed E-state index contributed by atoms with van der Waals surface area (Å²) in [6, 6.07) is 9.28. The molecule has 0 saturated carbocycles. The van der Waals surface area contributed by atoms with Gasteiger partial charge in [-0.2, -0.15) is 0 Å². The van der Waals surface area contributed by atoms with Crippen molar-refractivity contribution in [2.24, 2.45) is 0 Å². The minimum atomic E-state index is 0.560. The molecule has 0 radical (unpaired) electrons. The average molecular weight is 394 g/mol. The molecule has 0 bridgehead atoms. The SMILES string of the molecule is COc1cc(C#CCCCC#Cc2cc(OC)c(OC)c(OC)c2)cc(OC)c1. The molecule has 5 nitrogen and oxygen atoms in total. The van der Waals surface area contributed by atoms with E-state index in [1.807, 2.05) is 30.3 Å². The Morgan fingerprint density at radius 2 is 1.07 bits per heavy atom. The molecule has 2 aromatic carbocycles. The van der Waals surface area contributed by atoms with E-state index in [1.54, 1.807) is 35.5 Å². The van der Waals surface area contributed by atoms with E-state index >= 15 is 0 Å². The van der Waals surface area contributed by atoms with E-state index in [0.29, 0.717) is 17.2 Å². The maximum atomic E-state index is 5.34. The van der Waals surface area contributed by atoms with E-state index in [1.165, 1.54) is 0 Å². The predicted octanol–water partition coefficient (Wildman–Crippen LogP) is 4.30. The first-order valence-corrected chi connectivity index (χ1v) is 9.16. The van der Waals surface area contributed by atoms with Gasteiger partial charge in [0.15, 0.2) is 11.5 Å². The highest BCUT2D eigenvalue weighted by Crippen LogP contribution is 2.37. The van der Waals surface area contributed by atoms with Gasteiger partial charge in [0.25, 0.3) is 0 Å². The van der Waals surface area contributed by atoms with Crippen LogP contribution in [-0.2, 0) is 0 Å². The van der Waals surface area contributed by atoms with Crippen LogP contribution in [0.4, 0.5) is 0 Å². The Morgan fingerprint density at radius 1 is 0.586 bits per heavy atom. The van der Waals surface area contributed by atoms with Crippen molar-refractivity contribution in [2.45, 2.75) is 19.3 Å². The first-order valence-electron chi connectivity index (χ1n) is 9.16. The van der Waals surface area contributed by atoms with Crippen LogP contribution in [0, 0.1) is 23.7 Å². The molecule has 0 aliphatic rings. The van der Waals surface area contributed by atoms with Crippen molar-refractivity contribution in [3.8, 4) is 52.4 Å². The average Bonchev–Trinajstić information content (AvgIpc) is 2.77. The van der Waals surface area contributed by atoms with Crippen molar-refractivity contribution < 1.29 is 23.7 Å². The summed E-state index contributed by atoms with van der Waals surface area (Å²) in [5.41, 5.74) is 1.68. The molecular weight excluding hydrogens is 368 g/mol. The highest BCUT2D eigenvalue weighted by molar-refractivity contribution is 5.57. The second-order valence-electron chi connectivity index (χ2n) is 5.97. The van der Waals surface area contributed by atoms with Crippen molar-refractivity contribution >= 4 is 0 Å². The van der Waals surface area contributed by atoms with Gasteiger partial charge in [0.05, 0.1) is 35.5 Å². The van der Waals surface area contributed by atoms with Crippen LogP contribution >= 0.6 is 0 Å². The molecule has 0 atom stereocenters. The summed E-state index contributed by atoms with van der Waals surface area (Å²) in [5, 5.41) is 0. The van der Waals surface area contributed by atoms with Crippen LogP contribution in [0.5, 0.6) is 28.7 Å². The van der Waals surface area contributed by atoms with Gasteiger partial charge in [-0.3, -0.25) is 0 Å². The molecule has 0 N–H and O–H groups in total. The lowest BCUT2D eigenvalue weighted by Crippen LogP contribution is -1.95. The summed E-state index contributed by atoms with van der Waals surface area (Å²) >= 11 is 0. The van der Waals surface area contributed by atoms with Crippen LogP contribution in [0.1, 0.15) is 30.4 Å². The van der Waals surface area contributed by atoms with Gasteiger partial charge in [-0.1, -0.05) is 23.7 Å². The fourth-order valence-electron chi connectivity index (χ4n) is 2.63. The maximum absolute atomic E-state index is 5.34. The monoisotopic (exact) mass is 394 g/mol. The Morgan fingerprint density at radius 3 is 1.48 bits per heavy atom. The fourth-order valence-corrected chi connectivity index (χ4v) is 2.63. The summed E-state index contributed by atoms with van der Waals surface area (Å²) < 4.78 is 26.5. The Labute approximate surface area is 172 Å². The molecule has 0 heterocycles. The third-order valence-corrected chi connectivity index (χ3v) is 4.09. The van der Waals surface area contributed by atoms with Crippen LogP contribution in [0.25, 0.3) is 0 Å². The van der Waals surface area contributed by atoms with Gasteiger partial charge in [-0.05, 0) is 30.7 Å². The summed E-state index contributed by atoms with van der Waals surface area (Å²) in [5.74, 6) is 15.8. The lowest BCUT2D eigenvalue weighted by Gasteiger charge is -2.12. The lowest BCUT2D eigenvalue weighted by atomic mass is 10.1. The molecule has 0 fully saturated rings. The van der Waals surface area contributed by atoms with Gasteiger partial charge in [-0.25, -0.2) is 0 Å². The Bertz CT molecular complexity index is 894. The summed E-state index contributed by atoms with van der Waals surface area (Å²) in [7, 11) is 8.00. The topological polar surface area (TPSA) is 46.2 Å². The maximum Gasteiger partial charge on any atom is 0.203 e. The highest BCUT2D eigenvalue weighted by atomic mass is 16.5. The zero-order valence-electron chi connectivity index (χ0n) is 17.5. The molecule has 5 heteroatoms. The van der Waals surface area contributed by atoms with E-state index in [9.17, 15) is 0 Å². The second-order valence-corrected chi connectivity index (χ2v) is 5.97. The molecule has 0 aromatic heterocycles. The number of hydrogen-bond acceptors (Lipinski definition) is 5. The third kappa shape index (κ3) is 6.30. The smallest absolute Gasteiger partial charge is 0.203 e. The van der Waals surface area contributed by atoms with E-state index < -0.39 is 0 Å². The third-order valence-electron chi connectivity index (χ3n) is 4.09. The van der Waals surface area contributed by atoms with E-state index in [4.69, 9.17) is 23.7 Å².